The molecule has 2 aromatic rings. The van der Waals surface area contributed by atoms with E-state index in [9.17, 15) is 4.79 Å². The van der Waals surface area contributed by atoms with Gasteiger partial charge in [0.1, 0.15) is 5.69 Å². The normalized spacial score (nSPS) is 11.7. The summed E-state index contributed by atoms with van der Waals surface area (Å²) in [5.41, 5.74) is 7.16. The molecule has 0 saturated carbocycles. The van der Waals surface area contributed by atoms with Gasteiger partial charge < -0.3 is 10.6 Å². The van der Waals surface area contributed by atoms with E-state index >= 15 is 0 Å². The Kier molecular flexibility index (Phi) is 7.99. The van der Waals surface area contributed by atoms with Gasteiger partial charge in [-0.1, -0.05) is 23.7 Å². The lowest BCUT2D eigenvalue weighted by atomic mass is 10.1. The highest BCUT2D eigenvalue weighted by Gasteiger charge is 2.20. The van der Waals surface area contributed by atoms with Crippen molar-refractivity contribution in [2.45, 2.75) is 25.8 Å². The van der Waals surface area contributed by atoms with Crippen LogP contribution in [-0.4, -0.2) is 35.4 Å². The standard InChI is InChI=1S/C16H20ClN3OS.ClH/c1-11(9-12-3-5-13(17)6-4-12)20(2)16(21)14-10-22-15(19-14)7-8-18;/h3-6,10-11H,7-9,18H2,1-2H3;1H. The molecule has 7 heteroatoms. The number of carbonyl (C=O) groups is 1. The van der Waals surface area contributed by atoms with Crippen LogP contribution in [0.2, 0.25) is 5.02 Å². The second-order valence-electron chi connectivity index (χ2n) is 5.26. The number of carbonyl (C=O) groups excluding carboxylic acids is 1. The molecule has 0 aliphatic rings. The first-order chi connectivity index (χ1) is 10.5. The number of thiazole rings is 1. The average Bonchev–Trinajstić information content (AvgIpc) is 2.97. The van der Waals surface area contributed by atoms with Crippen molar-refractivity contribution in [3.8, 4) is 0 Å². The predicted molar refractivity (Wildman–Crippen MR) is 98.8 cm³/mol. The van der Waals surface area contributed by atoms with E-state index in [2.05, 4.69) is 4.98 Å². The van der Waals surface area contributed by atoms with E-state index in [0.717, 1.165) is 22.0 Å². The summed E-state index contributed by atoms with van der Waals surface area (Å²) in [4.78, 5) is 18.5. The van der Waals surface area contributed by atoms with Gasteiger partial charge in [-0.25, -0.2) is 4.98 Å². The summed E-state index contributed by atoms with van der Waals surface area (Å²) in [5, 5.41) is 3.43. The van der Waals surface area contributed by atoms with Crippen LogP contribution in [0.4, 0.5) is 0 Å². The number of likely N-dealkylation sites (N-methyl/N-ethyl adjacent to an activating group) is 1. The van der Waals surface area contributed by atoms with Crippen molar-refractivity contribution in [1.82, 2.24) is 9.88 Å². The van der Waals surface area contributed by atoms with Crippen LogP contribution in [0, 0.1) is 0 Å². The summed E-state index contributed by atoms with van der Waals surface area (Å²) in [6.45, 7) is 2.57. The molecule has 1 heterocycles. The van der Waals surface area contributed by atoms with Crippen molar-refractivity contribution < 1.29 is 4.79 Å². The number of nitrogens with two attached hydrogens (primary N) is 1. The summed E-state index contributed by atoms with van der Waals surface area (Å²) in [6, 6.07) is 7.78. The first-order valence-electron chi connectivity index (χ1n) is 7.17. The molecule has 1 aromatic carbocycles. The molecule has 0 bridgehead atoms. The predicted octanol–water partition coefficient (Wildman–Crippen LogP) is 3.42. The molecule has 1 atom stereocenters. The molecule has 0 aliphatic carbocycles. The maximum atomic E-state index is 12.5. The molecule has 1 amide bonds. The molecule has 4 nitrogen and oxygen atoms in total. The van der Waals surface area contributed by atoms with Crippen LogP contribution in [-0.2, 0) is 12.8 Å². The van der Waals surface area contributed by atoms with E-state index in [1.807, 2.05) is 38.2 Å². The average molecular weight is 374 g/mol. The van der Waals surface area contributed by atoms with Crippen LogP contribution in [0.25, 0.3) is 0 Å². The second kappa shape index (κ2) is 9.23. The first kappa shape index (κ1) is 19.9. The van der Waals surface area contributed by atoms with E-state index in [0.29, 0.717) is 18.7 Å². The quantitative estimate of drug-likeness (QED) is 0.843. The molecule has 1 aromatic heterocycles. The highest BCUT2D eigenvalue weighted by atomic mass is 35.5. The molecular weight excluding hydrogens is 353 g/mol. The lowest BCUT2D eigenvalue weighted by Crippen LogP contribution is -2.36. The van der Waals surface area contributed by atoms with Crippen molar-refractivity contribution in [3.63, 3.8) is 0 Å². The third kappa shape index (κ3) is 5.46. The van der Waals surface area contributed by atoms with Crippen LogP contribution in [0.15, 0.2) is 29.6 Å². The fraction of sp³-hybridized carbons (Fsp3) is 0.375. The van der Waals surface area contributed by atoms with E-state index < -0.39 is 0 Å². The Morgan fingerprint density at radius 2 is 2.04 bits per heavy atom. The molecular formula is C16H21Cl2N3OS. The van der Waals surface area contributed by atoms with Crippen molar-refractivity contribution in [2.24, 2.45) is 5.73 Å². The van der Waals surface area contributed by atoms with Gasteiger partial charge in [0, 0.05) is 29.9 Å². The zero-order chi connectivity index (χ0) is 16.1. The highest BCUT2D eigenvalue weighted by Crippen LogP contribution is 2.16. The van der Waals surface area contributed by atoms with Gasteiger partial charge in [-0.15, -0.1) is 23.7 Å². The monoisotopic (exact) mass is 373 g/mol. The fourth-order valence-corrected chi connectivity index (χ4v) is 3.04. The molecule has 0 saturated heterocycles. The number of halogens is 2. The van der Waals surface area contributed by atoms with Crippen LogP contribution in [0.5, 0.6) is 0 Å². The Morgan fingerprint density at radius 1 is 1.39 bits per heavy atom. The third-order valence-corrected chi connectivity index (χ3v) is 4.72. The molecule has 0 fully saturated rings. The van der Waals surface area contributed by atoms with Crippen LogP contribution in [0.1, 0.15) is 28.0 Å². The zero-order valence-electron chi connectivity index (χ0n) is 13.2. The van der Waals surface area contributed by atoms with Gasteiger partial charge in [-0.05, 0) is 37.6 Å². The van der Waals surface area contributed by atoms with Gasteiger partial charge in [0.05, 0.1) is 5.01 Å². The maximum Gasteiger partial charge on any atom is 0.273 e. The molecule has 23 heavy (non-hydrogen) atoms. The third-order valence-electron chi connectivity index (χ3n) is 3.55. The number of rotatable bonds is 6. The van der Waals surface area contributed by atoms with Crippen molar-refractivity contribution in [2.75, 3.05) is 13.6 Å². The van der Waals surface area contributed by atoms with E-state index in [1.54, 1.807) is 10.3 Å². The van der Waals surface area contributed by atoms with Gasteiger partial charge in [0.25, 0.3) is 5.91 Å². The Morgan fingerprint density at radius 3 is 2.65 bits per heavy atom. The summed E-state index contributed by atoms with van der Waals surface area (Å²) in [7, 11) is 1.81. The summed E-state index contributed by atoms with van der Waals surface area (Å²) in [6.07, 6.45) is 1.49. The van der Waals surface area contributed by atoms with E-state index in [-0.39, 0.29) is 24.4 Å². The molecule has 0 radical (unpaired) electrons. The van der Waals surface area contributed by atoms with Gasteiger partial charge in [0.15, 0.2) is 0 Å². The second-order valence-corrected chi connectivity index (χ2v) is 6.64. The number of aromatic nitrogens is 1. The molecule has 2 rings (SSSR count). The Bertz CT molecular complexity index is 631. The minimum absolute atomic E-state index is 0. The maximum absolute atomic E-state index is 12.5. The molecule has 0 aliphatic heterocycles. The summed E-state index contributed by atoms with van der Waals surface area (Å²) < 4.78 is 0. The van der Waals surface area contributed by atoms with Crippen molar-refractivity contribution >= 4 is 41.3 Å². The molecule has 126 valence electrons. The van der Waals surface area contributed by atoms with Gasteiger partial charge in [0.2, 0.25) is 0 Å². The number of benzene rings is 1. The SMILES string of the molecule is CC(Cc1ccc(Cl)cc1)N(C)C(=O)c1csc(CCN)n1.Cl. The van der Waals surface area contributed by atoms with Crippen LogP contribution >= 0.6 is 35.3 Å². The van der Waals surface area contributed by atoms with E-state index in [1.165, 1.54) is 11.3 Å². The van der Waals surface area contributed by atoms with Crippen molar-refractivity contribution in [3.05, 3.63) is 50.9 Å². The van der Waals surface area contributed by atoms with Crippen LogP contribution in [0.3, 0.4) is 0 Å². The molecule has 1 unspecified atom stereocenters. The van der Waals surface area contributed by atoms with Crippen LogP contribution < -0.4 is 5.73 Å². The zero-order valence-corrected chi connectivity index (χ0v) is 15.5. The first-order valence-corrected chi connectivity index (χ1v) is 8.43. The van der Waals surface area contributed by atoms with Gasteiger partial charge in [-0.3, -0.25) is 4.79 Å². The lowest BCUT2D eigenvalue weighted by molar-refractivity contribution is 0.0738. The number of amides is 1. The minimum atomic E-state index is -0.0546. The number of nitrogens with zero attached hydrogens (tertiary/aromatic N) is 2. The number of hydrogen-bond acceptors (Lipinski definition) is 4. The summed E-state index contributed by atoms with van der Waals surface area (Å²) in [5.74, 6) is -0.0546. The Labute approximate surface area is 152 Å². The highest BCUT2D eigenvalue weighted by molar-refractivity contribution is 7.09. The topological polar surface area (TPSA) is 59.2 Å². The van der Waals surface area contributed by atoms with Gasteiger partial charge in [-0.2, -0.15) is 0 Å². The number of hydrogen-bond donors (Lipinski definition) is 1. The molecule has 0 spiro atoms. The smallest absolute Gasteiger partial charge is 0.273 e. The fourth-order valence-electron chi connectivity index (χ4n) is 2.13. The van der Waals surface area contributed by atoms with Crippen molar-refractivity contribution in [1.29, 1.82) is 0 Å². The van der Waals surface area contributed by atoms with E-state index in [4.69, 9.17) is 17.3 Å². The largest absolute Gasteiger partial charge is 0.337 e. The van der Waals surface area contributed by atoms with Gasteiger partial charge >= 0.3 is 0 Å². The minimum Gasteiger partial charge on any atom is -0.337 e. The lowest BCUT2D eigenvalue weighted by Gasteiger charge is -2.24. The summed E-state index contributed by atoms with van der Waals surface area (Å²) >= 11 is 7.37. The Balaban J connectivity index is 0.00000264. The molecule has 2 N–H and O–H groups in total. The Hall–Kier alpha value is -1.14.